The third-order valence-electron chi connectivity index (χ3n) is 3.30. The summed E-state index contributed by atoms with van der Waals surface area (Å²) in [6.07, 6.45) is 0. The lowest BCUT2D eigenvalue weighted by atomic mass is 10.1. The molecule has 0 aliphatic rings. The van der Waals surface area contributed by atoms with Crippen LogP contribution in [0.15, 0.2) is 42.5 Å². The van der Waals surface area contributed by atoms with Crippen LogP contribution in [-0.2, 0) is 12.4 Å². The highest BCUT2D eigenvalue weighted by Gasteiger charge is 2.18. The Balaban J connectivity index is 2.30. The molecule has 2 rings (SSSR count). The summed E-state index contributed by atoms with van der Waals surface area (Å²) in [5.74, 6) is 0.267. The highest BCUT2D eigenvalue weighted by atomic mass is 35.5. The average molecular weight is 305 g/mol. The van der Waals surface area contributed by atoms with Gasteiger partial charge in [0, 0.05) is 25.5 Å². The molecular formula is C16H17ClN2O2. The second-order valence-electron chi connectivity index (χ2n) is 5.06. The minimum Gasteiger partial charge on any atom is -0.365 e. The fourth-order valence-electron chi connectivity index (χ4n) is 2.29. The normalized spacial score (nSPS) is 10.4. The average Bonchev–Trinajstić information content (AvgIpc) is 2.46. The second-order valence-corrected chi connectivity index (χ2v) is 5.33. The largest absolute Gasteiger partial charge is 0.365 e. The number of benzene rings is 2. The van der Waals surface area contributed by atoms with E-state index in [0.717, 1.165) is 11.1 Å². The third-order valence-corrected chi connectivity index (χ3v) is 3.61. The van der Waals surface area contributed by atoms with E-state index in [0.29, 0.717) is 12.2 Å². The van der Waals surface area contributed by atoms with Crippen molar-refractivity contribution in [3.8, 4) is 0 Å². The zero-order chi connectivity index (χ0) is 15.4. The smallest absolute Gasteiger partial charge is 0.292 e. The molecule has 0 atom stereocenters. The van der Waals surface area contributed by atoms with Gasteiger partial charge in [0.15, 0.2) is 0 Å². The van der Waals surface area contributed by atoms with Crippen LogP contribution in [0.25, 0.3) is 0 Å². The fraction of sp³-hybridized carbons (Fsp3) is 0.250. The molecule has 4 nitrogen and oxygen atoms in total. The molecule has 5 heteroatoms. The quantitative estimate of drug-likeness (QED) is 0.470. The SMILES string of the molecule is Cc1cccc(CN(C)c2ccc(CCl)cc2[N+](=O)[O-])c1. The van der Waals surface area contributed by atoms with Crippen LogP contribution in [0.2, 0.25) is 0 Å². The van der Waals surface area contributed by atoms with Gasteiger partial charge in [0.1, 0.15) is 5.69 Å². The summed E-state index contributed by atoms with van der Waals surface area (Å²) in [5.41, 5.74) is 3.72. The van der Waals surface area contributed by atoms with Crippen molar-refractivity contribution in [1.82, 2.24) is 0 Å². The van der Waals surface area contributed by atoms with E-state index in [9.17, 15) is 10.1 Å². The van der Waals surface area contributed by atoms with Crippen LogP contribution in [0.4, 0.5) is 11.4 Å². The molecule has 0 aliphatic heterocycles. The van der Waals surface area contributed by atoms with Gasteiger partial charge in [0.25, 0.3) is 5.69 Å². The van der Waals surface area contributed by atoms with Crippen molar-refractivity contribution in [3.63, 3.8) is 0 Å². The number of hydrogen-bond acceptors (Lipinski definition) is 3. The van der Waals surface area contributed by atoms with E-state index in [1.54, 1.807) is 6.07 Å². The second kappa shape index (κ2) is 6.59. The molecule has 0 saturated heterocycles. The summed E-state index contributed by atoms with van der Waals surface area (Å²) in [6, 6.07) is 13.2. The molecule has 0 aromatic heterocycles. The van der Waals surface area contributed by atoms with Crippen LogP contribution in [0.5, 0.6) is 0 Å². The van der Waals surface area contributed by atoms with Crippen molar-refractivity contribution < 1.29 is 4.92 Å². The standard InChI is InChI=1S/C16H17ClN2O2/c1-12-4-3-5-14(8-12)11-18(2)15-7-6-13(10-17)9-16(15)19(20)21/h3-9H,10-11H2,1-2H3. The van der Waals surface area contributed by atoms with Crippen LogP contribution >= 0.6 is 11.6 Å². The van der Waals surface area contributed by atoms with Gasteiger partial charge in [-0.25, -0.2) is 0 Å². The summed E-state index contributed by atoms with van der Waals surface area (Å²) in [6.45, 7) is 2.64. The molecule has 0 amide bonds. The number of nitro benzene ring substituents is 1. The maximum Gasteiger partial charge on any atom is 0.292 e. The number of alkyl halides is 1. The van der Waals surface area contributed by atoms with E-state index in [1.165, 1.54) is 11.6 Å². The van der Waals surface area contributed by atoms with Crippen molar-refractivity contribution in [1.29, 1.82) is 0 Å². The monoisotopic (exact) mass is 304 g/mol. The van der Waals surface area contributed by atoms with E-state index in [2.05, 4.69) is 6.07 Å². The van der Waals surface area contributed by atoms with Crippen molar-refractivity contribution in [2.75, 3.05) is 11.9 Å². The Bertz CT molecular complexity index is 658. The minimum absolute atomic E-state index is 0.0864. The van der Waals surface area contributed by atoms with Gasteiger partial charge in [-0.3, -0.25) is 10.1 Å². The molecule has 2 aromatic carbocycles. The molecule has 0 unspecified atom stereocenters. The molecular weight excluding hydrogens is 288 g/mol. The minimum atomic E-state index is -0.363. The lowest BCUT2D eigenvalue weighted by molar-refractivity contribution is -0.384. The fourth-order valence-corrected chi connectivity index (χ4v) is 2.46. The molecule has 110 valence electrons. The Kier molecular flexibility index (Phi) is 4.81. The number of rotatable bonds is 5. The Morgan fingerprint density at radius 2 is 1.95 bits per heavy atom. The topological polar surface area (TPSA) is 46.4 Å². The number of nitro groups is 1. The number of nitrogens with zero attached hydrogens (tertiary/aromatic N) is 2. The van der Waals surface area contributed by atoms with Gasteiger partial charge < -0.3 is 4.90 Å². The molecule has 0 heterocycles. The van der Waals surface area contributed by atoms with Crippen LogP contribution < -0.4 is 4.90 Å². The van der Waals surface area contributed by atoms with E-state index in [-0.39, 0.29) is 16.5 Å². The highest BCUT2D eigenvalue weighted by Crippen LogP contribution is 2.30. The van der Waals surface area contributed by atoms with Gasteiger partial charge in [0.05, 0.1) is 4.92 Å². The lowest BCUT2D eigenvalue weighted by Crippen LogP contribution is -2.17. The molecule has 0 spiro atoms. The van der Waals surface area contributed by atoms with Crippen molar-refractivity contribution >= 4 is 23.0 Å². The maximum atomic E-state index is 11.2. The zero-order valence-corrected chi connectivity index (χ0v) is 12.8. The van der Waals surface area contributed by atoms with Crippen LogP contribution in [0.1, 0.15) is 16.7 Å². The van der Waals surface area contributed by atoms with Gasteiger partial charge in [-0.2, -0.15) is 0 Å². The number of hydrogen-bond donors (Lipinski definition) is 0. The molecule has 0 aliphatic carbocycles. The van der Waals surface area contributed by atoms with Crippen LogP contribution in [-0.4, -0.2) is 12.0 Å². The molecule has 0 saturated carbocycles. The first-order valence-corrected chi connectivity index (χ1v) is 7.14. The Labute approximate surface area is 129 Å². The highest BCUT2D eigenvalue weighted by molar-refractivity contribution is 6.17. The van der Waals surface area contributed by atoms with E-state index >= 15 is 0 Å². The van der Waals surface area contributed by atoms with Crippen LogP contribution in [0, 0.1) is 17.0 Å². The Hall–Kier alpha value is -2.07. The summed E-state index contributed by atoms with van der Waals surface area (Å²) >= 11 is 5.75. The molecule has 0 N–H and O–H groups in total. The summed E-state index contributed by atoms with van der Waals surface area (Å²) in [4.78, 5) is 12.8. The predicted octanol–water partition coefficient (Wildman–Crippen LogP) is 4.28. The first kappa shape index (κ1) is 15.3. The molecule has 21 heavy (non-hydrogen) atoms. The van der Waals surface area contributed by atoms with Crippen molar-refractivity contribution in [2.24, 2.45) is 0 Å². The van der Waals surface area contributed by atoms with Gasteiger partial charge >= 0.3 is 0 Å². The summed E-state index contributed by atoms with van der Waals surface area (Å²) < 4.78 is 0. The van der Waals surface area contributed by atoms with Gasteiger partial charge in [-0.05, 0) is 24.1 Å². The van der Waals surface area contributed by atoms with Crippen molar-refractivity contribution in [2.45, 2.75) is 19.3 Å². The Morgan fingerprint density at radius 1 is 1.19 bits per heavy atom. The first-order chi connectivity index (χ1) is 10.0. The molecule has 0 radical (unpaired) electrons. The summed E-state index contributed by atoms with van der Waals surface area (Å²) in [5, 5.41) is 11.2. The molecule has 2 aromatic rings. The van der Waals surface area contributed by atoms with E-state index < -0.39 is 0 Å². The lowest BCUT2D eigenvalue weighted by Gasteiger charge is -2.20. The third kappa shape index (κ3) is 3.73. The number of anilines is 1. The maximum absolute atomic E-state index is 11.2. The number of aryl methyl sites for hydroxylation is 1. The van der Waals surface area contributed by atoms with E-state index in [4.69, 9.17) is 11.6 Å². The molecule has 0 bridgehead atoms. The first-order valence-electron chi connectivity index (χ1n) is 6.61. The van der Waals surface area contributed by atoms with Gasteiger partial charge in [-0.15, -0.1) is 11.6 Å². The van der Waals surface area contributed by atoms with E-state index in [1.807, 2.05) is 43.1 Å². The predicted molar refractivity (Wildman–Crippen MR) is 85.9 cm³/mol. The summed E-state index contributed by atoms with van der Waals surface area (Å²) in [7, 11) is 1.85. The van der Waals surface area contributed by atoms with Crippen LogP contribution in [0.3, 0.4) is 0 Å². The van der Waals surface area contributed by atoms with Gasteiger partial charge in [-0.1, -0.05) is 35.9 Å². The van der Waals surface area contributed by atoms with Crippen molar-refractivity contribution in [3.05, 3.63) is 69.3 Å². The number of halogens is 1. The van der Waals surface area contributed by atoms with Gasteiger partial charge in [0.2, 0.25) is 0 Å². The Morgan fingerprint density at radius 3 is 2.57 bits per heavy atom. The molecule has 0 fully saturated rings. The zero-order valence-electron chi connectivity index (χ0n) is 12.0.